The van der Waals surface area contributed by atoms with Gasteiger partial charge in [0, 0.05) is 18.8 Å². The lowest BCUT2D eigenvalue weighted by Crippen LogP contribution is -2.34. The molecule has 7 heteroatoms. The van der Waals surface area contributed by atoms with Gasteiger partial charge >= 0.3 is 6.18 Å². The van der Waals surface area contributed by atoms with Crippen LogP contribution in [0.3, 0.4) is 0 Å². The van der Waals surface area contributed by atoms with Gasteiger partial charge in [-0.05, 0) is 37.5 Å². The Balaban J connectivity index is 2.15. The Morgan fingerprint density at radius 1 is 1.03 bits per heavy atom. The lowest BCUT2D eigenvalue weighted by atomic mass is 10.0. The zero-order chi connectivity index (χ0) is 21.8. The number of likely N-dealkylation sites (N-methyl/N-ethyl adjacent to an activating group) is 1. The van der Waals surface area contributed by atoms with Gasteiger partial charge in [-0.2, -0.15) is 13.2 Å². The number of aryl methyl sites for hydroxylation is 3. The number of nitrogens with one attached hydrogen (secondary N) is 1. The number of anilines is 1. The van der Waals surface area contributed by atoms with Crippen molar-refractivity contribution in [2.24, 2.45) is 0 Å². The molecule has 0 unspecified atom stereocenters. The maximum absolute atomic E-state index is 13.4. The molecule has 0 saturated carbocycles. The normalized spacial score (nSPS) is 11.9. The van der Waals surface area contributed by atoms with E-state index >= 15 is 0 Å². The fourth-order valence-electron chi connectivity index (χ4n) is 3.03. The van der Waals surface area contributed by atoms with Gasteiger partial charge < -0.3 is 10.2 Å². The summed E-state index contributed by atoms with van der Waals surface area (Å²) in [5, 5.41) is 2.73. The smallest absolute Gasteiger partial charge is 0.333 e. The van der Waals surface area contributed by atoms with Crippen molar-refractivity contribution in [1.82, 2.24) is 4.90 Å². The van der Waals surface area contributed by atoms with E-state index < -0.39 is 23.6 Å². The van der Waals surface area contributed by atoms with Crippen molar-refractivity contribution in [2.45, 2.75) is 26.9 Å². The van der Waals surface area contributed by atoms with Crippen LogP contribution >= 0.6 is 0 Å². The molecule has 0 aromatic heterocycles. The highest BCUT2D eigenvalue weighted by Gasteiger charge is 2.35. The quantitative estimate of drug-likeness (QED) is 0.738. The van der Waals surface area contributed by atoms with E-state index in [1.165, 1.54) is 31.3 Å². The first-order valence-corrected chi connectivity index (χ1v) is 8.96. The van der Waals surface area contributed by atoms with Gasteiger partial charge in [0.05, 0.1) is 12.1 Å². The molecule has 29 heavy (non-hydrogen) atoms. The first-order chi connectivity index (χ1) is 13.5. The second-order valence-electron chi connectivity index (χ2n) is 6.94. The Kier molecular flexibility index (Phi) is 6.84. The Labute approximate surface area is 168 Å². The van der Waals surface area contributed by atoms with Crippen molar-refractivity contribution in [1.29, 1.82) is 0 Å². The predicted octanol–water partition coefficient (Wildman–Crippen LogP) is 4.65. The zero-order valence-corrected chi connectivity index (χ0v) is 16.7. The largest absolute Gasteiger partial charge is 0.417 e. The molecular formula is C22H23F3N2O2. The Morgan fingerprint density at radius 3 is 2.10 bits per heavy atom. The molecule has 0 spiro atoms. The number of rotatable bonds is 5. The summed E-state index contributed by atoms with van der Waals surface area (Å²) >= 11 is 0. The number of amides is 2. The summed E-state index contributed by atoms with van der Waals surface area (Å²) in [5.74, 6) is -1.40. The topological polar surface area (TPSA) is 49.4 Å². The van der Waals surface area contributed by atoms with E-state index in [0.717, 1.165) is 21.6 Å². The molecule has 2 aromatic rings. The van der Waals surface area contributed by atoms with Gasteiger partial charge in [0.15, 0.2) is 0 Å². The number of carbonyl (C=O) groups excluding carboxylic acids is 2. The number of allylic oxidation sites excluding steroid dienone is 1. The van der Waals surface area contributed by atoms with Gasteiger partial charge in [-0.1, -0.05) is 48.0 Å². The summed E-state index contributed by atoms with van der Waals surface area (Å²) in [6, 6.07) is 10.9. The average Bonchev–Trinajstić information content (AvgIpc) is 2.62. The van der Waals surface area contributed by atoms with Gasteiger partial charge in [-0.15, -0.1) is 0 Å². The number of alkyl halides is 3. The second-order valence-corrected chi connectivity index (χ2v) is 6.94. The molecule has 154 valence electrons. The van der Waals surface area contributed by atoms with Crippen LogP contribution in [0.5, 0.6) is 0 Å². The number of halogens is 3. The highest BCUT2D eigenvalue weighted by molar-refractivity contribution is 6.00. The van der Waals surface area contributed by atoms with Crippen molar-refractivity contribution in [3.63, 3.8) is 0 Å². The molecular weight excluding hydrogens is 381 g/mol. The molecule has 4 nitrogen and oxygen atoms in total. The molecule has 0 radical (unpaired) electrons. The third kappa shape index (κ3) is 5.94. The molecule has 0 fully saturated rings. The first kappa shape index (κ1) is 22.2. The van der Waals surface area contributed by atoms with Crippen molar-refractivity contribution < 1.29 is 22.8 Å². The van der Waals surface area contributed by atoms with E-state index in [1.807, 2.05) is 32.9 Å². The van der Waals surface area contributed by atoms with Crippen LogP contribution in [0.2, 0.25) is 0 Å². The molecule has 2 rings (SSSR count). The van der Waals surface area contributed by atoms with E-state index in [2.05, 4.69) is 5.32 Å². The van der Waals surface area contributed by atoms with Gasteiger partial charge in [-0.3, -0.25) is 9.59 Å². The van der Waals surface area contributed by atoms with E-state index in [-0.39, 0.29) is 12.1 Å². The number of benzene rings is 2. The Bertz CT molecular complexity index is 912. The lowest BCUT2D eigenvalue weighted by molar-refractivity contribution is -0.129. The lowest BCUT2D eigenvalue weighted by Gasteiger charge is -2.18. The van der Waals surface area contributed by atoms with Crippen LogP contribution < -0.4 is 5.32 Å². The summed E-state index contributed by atoms with van der Waals surface area (Å²) < 4.78 is 40.1. The Morgan fingerprint density at radius 2 is 1.59 bits per heavy atom. The van der Waals surface area contributed by atoms with Crippen LogP contribution in [0, 0.1) is 20.8 Å². The summed E-state index contributed by atoms with van der Waals surface area (Å²) in [6.07, 6.45) is -4.18. The van der Waals surface area contributed by atoms with Crippen LogP contribution in [-0.2, 0) is 9.59 Å². The van der Waals surface area contributed by atoms with Gasteiger partial charge in [0.2, 0.25) is 11.8 Å². The van der Waals surface area contributed by atoms with Gasteiger partial charge in [0.25, 0.3) is 0 Å². The maximum Gasteiger partial charge on any atom is 0.417 e. The van der Waals surface area contributed by atoms with Gasteiger partial charge in [-0.25, -0.2) is 0 Å². The van der Waals surface area contributed by atoms with Crippen LogP contribution in [-0.4, -0.2) is 36.5 Å². The standard InChI is InChI=1S/C22H23F3N2O2/c1-14-10-15(2)21(16(3)11-14)26-19(28)13-27(4)20(29)12-18(22(23,24)25)17-8-6-5-7-9-17/h5-12H,13H2,1-4H3,(H,26,28)/b18-12-. The number of hydrogen-bond donors (Lipinski definition) is 1. The fraction of sp³-hybridized carbons (Fsp3) is 0.273. The molecule has 0 aliphatic heterocycles. The zero-order valence-electron chi connectivity index (χ0n) is 16.7. The van der Waals surface area contributed by atoms with Crippen LogP contribution in [0.25, 0.3) is 5.57 Å². The van der Waals surface area contributed by atoms with Crippen molar-refractivity contribution in [2.75, 3.05) is 18.9 Å². The second kappa shape index (κ2) is 8.94. The SMILES string of the molecule is Cc1cc(C)c(NC(=O)CN(C)C(=O)/C=C(/c2ccccc2)C(F)(F)F)c(C)c1. The summed E-state index contributed by atoms with van der Waals surface area (Å²) in [5.41, 5.74) is 2.26. The van der Waals surface area contributed by atoms with E-state index in [4.69, 9.17) is 0 Å². The van der Waals surface area contributed by atoms with Crippen LogP contribution in [0.1, 0.15) is 22.3 Å². The predicted molar refractivity (Wildman–Crippen MR) is 107 cm³/mol. The molecule has 0 bridgehead atoms. The summed E-state index contributed by atoms with van der Waals surface area (Å²) in [6.45, 7) is 5.27. The third-order valence-electron chi connectivity index (χ3n) is 4.36. The minimum atomic E-state index is -4.70. The average molecular weight is 404 g/mol. The van der Waals surface area contributed by atoms with Gasteiger partial charge in [0.1, 0.15) is 0 Å². The highest BCUT2D eigenvalue weighted by Crippen LogP contribution is 2.33. The number of hydrogen-bond acceptors (Lipinski definition) is 2. The van der Waals surface area contributed by atoms with Crippen LogP contribution in [0.15, 0.2) is 48.5 Å². The molecule has 0 heterocycles. The molecule has 1 N–H and O–H groups in total. The molecule has 0 aliphatic rings. The molecule has 2 amide bonds. The number of carbonyl (C=O) groups is 2. The number of nitrogens with zero attached hydrogens (tertiary/aromatic N) is 1. The molecule has 0 aliphatic carbocycles. The molecule has 0 atom stereocenters. The van der Waals surface area contributed by atoms with Crippen molar-refractivity contribution >= 4 is 23.1 Å². The van der Waals surface area contributed by atoms with Crippen molar-refractivity contribution in [3.8, 4) is 0 Å². The van der Waals surface area contributed by atoms with Crippen molar-refractivity contribution in [3.05, 3.63) is 70.8 Å². The monoisotopic (exact) mass is 404 g/mol. The first-order valence-electron chi connectivity index (χ1n) is 8.96. The summed E-state index contributed by atoms with van der Waals surface area (Å²) in [7, 11) is 1.28. The summed E-state index contributed by atoms with van der Waals surface area (Å²) in [4.78, 5) is 25.6. The third-order valence-corrected chi connectivity index (χ3v) is 4.36. The van der Waals surface area contributed by atoms with E-state index in [1.54, 1.807) is 6.07 Å². The minimum Gasteiger partial charge on any atom is -0.333 e. The van der Waals surface area contributed by atoms with E-state index in [0.29, 0.717) is 11.8 Å². The molecule has 2 aromatic carbocycles. The highest BCUT2D eigenvalue weighted by atomic mass is 19.4. The molecule has 0 saturated heterocycles. The maximum atomic E-state index is 13.4. The van der Waals surface area contributed by atoms with E-state index in [9.17, 15) is 22.8 Å². The minimum absolute atomic E-state index is 0.114. The van der Waals surface area contributed by atoms with Crippen LogP contribution in [0.4, 0.5) is 18.9 Å². The fourth-order valence-corrected chi connectivity index (χ4v) is 3.03. The Hall–Kier alpha value is -3.09.